The molecule has 2 aromatic rings. The molecule has 0 spiro atoms. The third-order valence-electron chi connectivity index (χ3n) is 4.88. The van der Waals surface area contributed by atoms with E-state index in [1.165, 1.54) is 5.56 Å². The molecule has 0 radical (unpaired) electrons. The summed E-state index contributed by atoms with van der Waals surface area (Å²) in [5, 5.41) is 0. The Morgan fingerprint density at radius 3 is 2.31 bits per heavy atom. The number of ether oxygens (including phenoxy) is 1. The molecule has 26 heavy (non-hydrogen) atoms. The van der Waals surface area contributed by atoms with Gasteiger partial charge in [-0.25, -0.2) is 8.42 Å². The average Bonchev–Trinajstić information content (AvgIpc) is 3.12. The van der Waals surface area contributed by atoms with Crippen LogP contribution in [0.3, 0.4) is 0 Å². The fraction of sp³-hybridized carbons (Fsp3) is 0.429. The minimum Gasteiger partial charge on any atom is -0.497 e. The standard InChI is InChI=1S/C21H27NO3S/c1-16(2)15-17-6-12-20(13-7-17)26(23,24)22-14-4-5-21(22)18-8-10-19(25-3)11-9-18/h6-13,16,21H,4-5,14-15H2,1-3H3. The van der Waals surface area contributed by atoms with Gasteiger partial charge < -0.3 is 4.74 Å². The zero-order chi connectivity index (χ0) is 18.7. The van der Waals surface area contributed by atoms with Crippen LogP contribution in [0.15, 0.2) is 53.4 Å². The lowest BCUT2D eigenvalue weighted by atomic mass is 10.0. The number of rotatable bonds is 6. The lowest BCUT2D eigenvalue weighted by Crippen LogP contribution is -2.30. The van der Waals surface area contributed by atoms with Crippen LogP contribution in [0.5, 0.6) is 5.75 Å². The minimum absolute atomic E-state index is 0.110. The molecule has 0 aromatic heterocycles. The second-order valence-corrected chi connectivity index (χ2v) is 9.18. The van der Waals surface area contributed by atoms with Gasteiger partial charge in [0.2, 0.25) is 10.0 Å². The summed E-state index contributed by atoms with van der Waals surface area (Å²) < 4.78 is 33.2. The van der Waals surface area contributed by atoms with Crippen molar-refractivity contribution in [3.8, 4) is 5.75 Å². The molecule has 0 amide bonds. The zero-order valence-electron chi connectivity index (χ0n) is 15.7. The van der Waals surface area contributed by atoms with E-state index in [-0.39, 0.29) is 6.04 Å². The first-order valence-electron chi connectivity index (χ1n) is 9.16. The summed E-state index contributed by atoms with van der Waals surface area (Å²) in [6, 6.07) is 15.0. The first kappa shape index (κ1) is 18.9. The van der Waals surface area contributed by atoms with Gasteiger partial charge in [-0.1, -0.05) is 38.1 Å². The third kappa shape index (κ3) is 3.94. The second kappa shape index (κ2) is 7.80. The fourth-order valence-electron chi connectivity index (χ4n) is 3.59. The Balaban J connectivity index is 1.85. The van der Waals surface area contributed by atoms with Crippen molar-refractivity contribution in [2.75, 3.05) is 13.7 Å². The van der Waals surface area contributed by atoms with Crippen LogP contribution in [0.25, 0.3) is 0 Å². The molecule has 5 heteroatoms. The average molecular weight is 374 g/mol. The molecule has 1 saturated heterocycles. The molecular weight excluding hydrogens is 346 g/mol. The summed E-state index contributed by atoms with van der Waals surface area (Å²) in [4.78, 5) is 0.380. The quantitative estimate of drug-likeness (QED) is 0.753. The van der Waals surface area contributed by atoms with E-state index in [4.69, 9.17) is 4.74 Å². The Morgan fingerprint density at radius 1 is 1.08 bits per heavy atom. The molecule has 1 aliphatic heterocycles. The molecule has 0 N–H and O–H groups in total. The predicted molar refractivity (Wildman–Crippen MR) is 104 cm³/mol. The number of methoxy groups -OCH3 is 1. The Bertz CT molecular complexity index is 827. The Labute approximate surface area is 156 Å². The van der Waals surface area contributed by atoms with E-state index in [9.17, 15) is 8.42 Å². The van der Waals surface area contributed by atoms with Crippen LogP contribution >= 0.6 is 0 Å². The van der Waals surface area contributed by atoms with Crippen LogP contribution in [0.2, 0.25) is 0 Å². The van der Waals surface area contributed by atoms with Gasteiger partial charge >= 0.3 is 0 Å². The SMILES string of the molecule is COc1ccc(C2CCCN2S(=O)(=O)c2ccc(CC(C)C)cc2)cc1. The van der Waals surface area contributed by atoms with Crippen molar-refractivity contribution < 1.29 is 13.2 Å². The van der Waals surface area contributed by atoms with Crippen LogP contribution < -0.4 is 4.74 Å². The van der Waals surface area contributed by atoms with E-state index >= 15 is 0 Å². The van der Waals surface area contributed by atoms with E-state index in [2.05, 4.69) is 13.8 Å². The van der Waals surface area contributed by atoms with Crippen LogP contribution in [0, 0.1) is 5.92 Å². The highest BCUT2D eigenvalue weighted by Crippen LogP contribution is 2.37. The molecule has 140 valence electrons. The van der Waals surface area contributed by atoms with E-state index in [1.807, 2.05) is 36.4 Å². The maximum atomic E-state index is 13.2. The van der Waals surface area contributed by atoms with E-state index in [1.54, 1.807) is 23.5 Å². The highest BCUT2D eigenvalue weighted by Gasteiger charge is 2.36. The Hall–Kier alpha value is -1.85. The minimum atomic E-state index is -3.49. The third-order valence-corrected chi connectivity index (χ3v) is 6.80. The summed E-state index contributed by atoms with van der Waals surface area (Å²) in [5.41, 5.74) is 2.19. The molecule has 1 heterocycles. The maximum absolute atomic E-state index is 13.2. The predicted octanol–water partition coefficient (Wildman–Crippen LogP) is 4.42. The van der Waals surface area contributed by atoms with Crippen molar-refractivity contribution in [2.24, 2.45) is 5.92 Å². The van der Waals surface area contributed by atoms with E-state index in [0.29, 0.717) is 17.4 Å². The van der Waals surface area contributed by atoms with Crippen molar-refractivity contribution in [3.63, 3.8) is 0 Å². The van der Waals surface area contributed by atoms with Gasteiger partial charge in [0.1, 0.15) is 5.75 Å². The topological polar surface area (TPSA) is 46.6 Å². The van der Waals surface area contributed by atoms with Crippen molar-refractivity contribution in [1.29, 1.82) is 0 Å². The Kier molecular flexibility index (Phi) is 5.68. The highest BCUT2D eigenvalue weighted by molar-refractivity contribution is 7.89. The van der Waals surface area contributed by atoms with Gasteiger partial charge in [-0.2, -0.15) is 4.31 Å². The van der Waals surface area contributed by atoms with Crippen molar-refractivity contribution >= 4 is 10.0 Å². The molecule has 1 atom stereocenters. The molecule has 0 saturated carbocycles. The van der Waals surface area contributed by atoms with Gasteiger partial charge in [-0.3, -0.25) is 0 Å². The summed E-state index contributed by atoms with van der Waals surface area (Å²) in [7, 11) is -1.87. The number of sulfonamides is 1. The number of nitrogens with zero attached hydrogens (tertiary/aromatic N) is 1. The lowest BCUT2D eigenvalue weighted by molar-refractivity contribution is 0.394. The van der Waals surface area contributed by atoms with Crippen molar-refractivity contribution in [3.05, 3.63) is 59.7 Å². The zero-order valence-corrected chi connectivity index (χ0v) is 16.5. The molecule has 1 aliphatic rings. The largest absolute Gasteiger partial charge is 0.497 e. The van der Waals surface area contributed by atoms with Crippen molar-refractivity contribution in [2.45, 2.75) is 44.0 Å². The van der Waals surface area contributed by atoms with Crippen LogP contribution in [0.1, 0.15) is 43.9 Å². The first-order valence-corrected chi connectivity index (χ1v) is 10.6. The number of hydrogen-bond acceptors (Lipinski definition) is 3. The van der Waals surface area contributed by atoms with E-state index in [0.717, 1.165) is 30.6 Å². The van der Waals surface area contributed by atoms with Gasteiger partial charge in [0.05, 0.1) is 18.0 Å². The van der Waals surface area contributed by atoms with Gasteiger partial charge in [-0.15, -0.1) is 0 Å². The number of hydrogen-bond donors (Lipinski definition) is 0. The van der Waals surface area contributed by atoms with Gasteiger partial charge in [0, 0.05) is 6.54 Å². The maximum Gasteiger partial charge on any atom is 0.243 e. The van der Waals surface area contributed by atoms with Crippen molar-refractivity contribution in [1.82, 2.24) is 4.31 Å². The summed E-state index contributed by atoms with van der Waals surface area (Å²) in [6.07, 6.45) is 2.68. The van der Waals surface area contributed by atoms with Crippen LogP contribution in [-0.2, 0) is 16.4 Å². The highest BCUT2D eigenvalue weighted by atomic mass is 32.2. The molecule has 1 fully saturated rings. The molecule has 2 aromatic carbocycles. The van der Waals surface area contributed by atoms with Crippen LogP contribution in [0.4, 0.5) is 0 Å². The summed E-state index contributed by atoms with van der Waals surface area (Å²) in [6.45, 7) is 4.88. The molecule has 0 aliphatic carbocycles. The van der Waals surface area contributed by atoms with Gasteiger partial charge in [0.25, 0.3) is 0 Å². The Morgan fingerprint density at radius 2 is 1.73 bits per heavy atom. The summed E-state index contributed by atoms with van der Waals surface area (Å²) >= 11 is 0. The molecular formula is C21H27NO3S. The van der Waals surface area contributed by atoms with Gasteiger partial charge in [-0.05, 0) is 60.6 Å². The van der Waals surface area contributed by atoms with E-state index < -0.39 is 10.0 Å². The molecule has 0 bridgehead atoms. The molecule has 3 rings (SSSR count). The smallest absolute Gasteiger partial charge is 0.243 e. The van der Waals surface area contributed by atoms with Crippen LogP contribution in [-0.4, -0.2) is 26.4 Å². The normalized spacial score (nSPS) is 18.4. The first-order chi connectivity index (χ1) is 12.4. The summed E-state index contributed by atoms with van der Waals surface area (Å²) in [5.74, 6) is 1.33. The number of benzene rings is 2. The fourth-order valence-corrected chi connectivity index (χ4v) is 5.27. The second-order valence-electron chi connectivity index (χ2n) is 7.29. The lowest BCUT2D eigenvalue weighted by Gasteiger charge is -2.24. The van der Waals surface area contributed by atoms with Gasteiger partial charge in [0.15, 0.2) is 0 Å². The monoisotopic (exact) mass is 373 g/mol. The molecule has 1 unspecified atom stereocenters. The molecule has 4 nitrogen and oxygen atoms in total.